The molecule has 8 heteroatoms. The van der Waals surface area contributed by atoms with Crippen molar-refractivity contribution in [1.82, 2.24) is 15.5 Å². The molecule has 5 N–H and O–H groups in total. The lowest BCUT2D eigenvalue weighted by molar-refractivity contribution is -0.136. The zero-order valence-electron chi connectivity index (χ0n) is 15.1. The maximum absolute atomic E-state index is 10.7. The highest BCUT2D eigenvalue weighted by molar-refractivity contribution is 5.69. The molecule has 0 spiro atoms. The number of nitrogens with two attached hydrogens (primary N) is 1. The summed E-state index contributed by atoms with van der Waals surface area (Å²) in [6.07, 6.45) is 1.84. The summed E-state index contributed by atoms with van der Waals surface area (Å²) < 4.78 is 5.40. The van der Waals surface area contributed by atoms with Gasteiger partial charge in [-0.25, -0.2) is 0 Å². The van der Waals surface area contributed by atoms with Gasteiger partial charge in [0.15, 0.2) is 0 Å². The number of anilines is 1. The summed E-state index contributed by atoms with van der Waals surface area (Å²) in [5.41, 5.74) is 9.81. The summed E-state index contributed by atoms with van der Waals surface area (Å²) in [5, 5.41) is 25.8. The maximum Gasteiger partial charge on any atom is 0.304 e. The molecule has 1 aliphatic carbocycles. The standard InChI is InChI=1S/C20H20N4O4/c21-15-10-11(4-7-17(15)25)20-23-19(24-28-20)14-3-1-2-13-12(14)5-6-16(13)22-9-8-18(26)27/h1-4,7,10,16,22,25H,5-6,8-9,21H2,(H,26,27). The normalized spacial score (nSPS) is 15.5. The van der Waals surface area contributed by atoms with Crippen molar-refractivity contribution >= 4 is 11.7 Å². The van der Waals surface area contributed by atoms with Crippen molar-refractivity contribution in [2.75, 3.05) is 12.3 Å². The van der Waals surface area contributed by atoms with E-state index in [9.17, 15) is 9.90 Å². The average Bonchev–Trinajstić information content (AvgIpc) is 3.31. The van der Waals surface area contributed by atoms with Crippen LogP contribution in [0.15, 0.2) is 40.9 Å². The molecule has 0 saturated carbocycles. The number of aromatic hydroxyl groups is 1. The predicted molar refractivity (Wildman–Crippen MR) is 103 cm³/mol. The first-order valence-corrected chi connectivity index (χ1v) is 9.03. The summed E-state index contributed by atoms with van der Waals surface area (Å²) in [7, 11) is 0. The first kappa shape index (κ1) is 18.0. The molecule has 0 aliphatic heterocycles. The van der Waals surface area contributed by atoms with Crippen molar-refractivity contribution in [2.24, 2.45) is 0 Å². The van der Waals surface area contributed by atoms with Crippen molar-refractivity contribution in [1.29, 1.82) is 0 Å². The van der Waals surface area contributed by atoms with Gasteiger partial charge >= 0.3 is 5.97 Å². The molecule has 1 aromatic heterocycles. The molecule has 8 nitrogen and oxygen atoms in total. The molecule has 4 rings (SSSR count). The second-order valence-electron chi connectivity index (χ2n) is 6.76. The van der Waals surface area contributed by atoms with E-state index in [-0.39, 0.29) is 23.9 Å². The minimum absolute atomic E-state index is 0.00538. The monoisotopic (exact) mass is 380 g/mol. The van der Waals surface area contributed by atoms with E-state index in [0.29, 0.717) is 23.8 Å². The van der Waals surface area contributed by atoms with Crippen molar-refractivity contribution in [3.05, 3.63) is 47.5 Å². The van der Waals surface area contributed by atoms with Gasteiger partial charge in [-0.2, -0.15) is 4.98 Å². The number of aliphatic carboxylic acids is 1. The van der Waals surface area contributed by atoms with Crippen LogP contribution >= 0.6 is 0 Å². The number of nitrogens with zero attached hydrogens (tertiary/aromatic N) is 2. The van der Waals surface area contributed by atoms with E-state index in [1.165, 1.54) is 6.07 Å². The average molecular weight is 380 g/mol. The quantitative estimate of drug-likeness (QED) is 0.379. The van der Waals surface area contributed by atoms with Crippen LogP contribution in [0.3, 0.4) is 0 Å². The fraction of sp³-hybridized carbons (Fsp3) is 0.250. The number of phenolic OH excluding ortho intramolecular Hbond substituents is 1. The Morgan fingerprint density at radius 1 is 1.32 bits per heavy atom. The Kier molecular flexibility index (Phi) is 4.70. The van der Waals surface area contributed by atoms with Crippen molar-refractivity contribution < 1.29 is 19.5 Å². The van der Waals surface area contributed by atoms with E-state index < -0.39 is 5.97 Å². The summed E-state index contributed by atoms with van der Waals surface area (Å²) in [5.74, 6) is 0.0117. The van der Waals surface area contributed by atoms with Gasteiger partial charge in [-0.1, -0.05) is 23.4 Å². The van der Waals surface area contributed by atoms with E-state index >= 15 is 0 Å². The van der Waals surface area contributed by atoms with Gasteiger partial charge in [0.25, 0.3) is 5.89 Å². The highest BCUT2D eigenvalue weighted by atomic mass is 16.5. The third-order valence-electron chi connectivity index (χ3n) is 4.94. The summed E-state index contributed by atoms with van der Waals surface area (Å²) >= 11 is 0. The lowest BCUT2D eigenvalue weighted by Gasteiger charge is -2.13. The number of aromatic nitrogens is 2. The van der Waals surface area contributed by atoms with E-state index in [2.05, 4.69) is 15.5 Å². The van der Waals surface area contributed by atoms with E-state index in [1.54, 1.807) is 12.1 Å². The predicted octanol–water partition coefficient (Wildman–Crippen LogP) is 2.74. The van der Waals surface area contributed by atoms with E-state index in [1.807, 2.05) is 18.2 Å². The number of carbonyl (C=O) groups is 1. The second kappa shape index (κ2) is 7.32. The minimum Gasteiger partial charge on any atom is -0.506 e. The van der Waals surface area contributed by atoms with E-state index in [0.717, 1.165) is 29.5 Å². The van der Waals surface area contributed by atoms with E-state index in [4.69, 9.17) is 15.4 Å². The number of carboxylic acids is 1. The largest absolute Gasteiger partial charge is 0.506 e. The molecule has 1 aliphatic rings. The van der Waals surface area contributed by atoms with Gasteiger partial charge in [0.1, 0.15) is 5.75 Å². The van der Waals surface area contributed by atoms with Gasteiger partial charge in [0.05, 0.1) is 12.1 Å². The Bertz CT molecular complexity index is 1030. The molecule has 144 valence electrons. The zero-order valence-corrected chi connectivity index (χ0v) is 15.1. The van der Waals surface area contributed by atoms with Crippen molar-refractivity contribution in [3.63, 3.8) is 0 Å². The van der Waals surface area contributed by atoms with Crippen molar-refractivity contribution in [2.45, 2.75) is 25.3 Å². The molecular formula is C20H20N4O4. The molecule has 1 atom stereocenters. The molecule has 28 heavy (non-hydrogen) atoms. The van der Waals surface area contributed by atoms with Gasteiger partial charge in [-0.3, -0.25) is 4.79 Å². The zero-order chi connectivity index (χ0) is 19.7. The van der Waals surface area contributed by atoms with Crippen LogP contribution in [0.1, 0.15) is 30.0 Å². The topological polar surface area (TPSA) is 134 Å². The Morgan fingerprint density at radius 2 is 2.18 bits per heavy atom. The summed E-state index contributed by atoms with van der Waals surface area (Å²) in [6.45, 7) is 0.429. The number of hydrogen-bond acceptors (Lipinski definition) is 7. The van der Waals surface area contributed by atoms with Gasteiger partial charge in [0.2, 0.25) is 5.82 Å². The summed E-state index contributed by atoms with van der Waals surface area (Å²) in [6, 6.07) is 10.8. The molecule has 0 amide bonds. The van der Waals surface area contributed by atoms with Crippen LogP contribution in [-0.4, -0.2) is 32.9 Å². The molecule has 3 aromatic rings. The number of rotatable bonds is 6. The molecule has 0 bridgehead atoms. The number of nitrogens with one attached hydrogen (secondary N) is 1. The molecule has 1 unspecified atom stereocenters. The third kappa shape index (κ3) is 3.41. The van der Waals surface area contributed by atoms with Gasteiger partial charge in [0, 0.05) is 23.7 Å². The smallest absolute Gasteiger partial charge is 0.304 e. The van der Waals surface area contributed by atoms with Crippen LogP contribution < -0.4 is 11.1 Å². The van der Waals surface area contributed by atoms with Crippen LogP contribution in [-0.2, 0) is 11.2 Å². The van der Waals surface area contributed by atoms with Crippen LogP contribution in [0.2, 0.25) is 0 Å². The Balaban J connectivity index is 1.59. The van der Waals surface area contributed by atoms with Crippen LogP contribution in [0, 0.1) is 0 Å². The lowest BCUT2D eigenvalue weighted by atomic mass is 10.0. The van der Waals surface area contributed by atoms with Gasteiger partial charge in [-0.05, 0) is 42.2 Å². The molecule has 0 fully saturated rings. The lowest BCUT2D eigenvalue weighted by Crippen LogP contribution is -2.22. The first-order chi connectivity index (χ1) is 13.5. The highest BCUT2D eigenvalue weighted by Crippen LogP contribution is 2.37. The molecular weight excluding hydrogens is 360 g/mol. The second-order valence-corrected chi connectivity index (χ2v) is 6.76. The fourth-order valence-electron chi connectivity index (χ4n) is 3.57. The third-order valence-corrected chi connectivity index (χ3v) is 4.94. The van der Waals surface area contributed by atoms with Crippen LogP contribution in [0.5, 0.6) is 5.75 Å². The number of fused-ring (bicyclic) bond motifs is 1. The van der Waals surface area contributed by atoms with Gasteiger partial charge < -0.3 is 25.8 Å². The Labute approximate surface area is 161 Å². The highest BCUT2D eigenvalue weighted by Gasteiger charge is 2.26. The van der Waals surface area contributed by atoms with Gasteiger partial charge in [-0.15, -0.1) is 0 Å². The van der Waals surface area contributed by atoms with Crippen LogP contribution in [0.25, 0.3) is 22.8 Å². The molecule has 0 saturated heterocycles. The van der Waals surface area contributed by atoms with Crippen LogP contribution in [0.4, 0.5) is 5.69 Å². The number of nitrogen functional groups attached to an aromatic ring is 1. The Hall–Kier alpha value is -3.39. The van der Waals surface area contributed by atoms with Crippen molar-refractivity contribution in [3.8, 4) is 28.6 Å². The molecule has 1 heterocycles. The maximum atomic E-state index is 10.7. The first-order valence-electron chi connectivity index (χ1n) is 9.03. The molecule has 2 aromatic carbocycles. The number of phenols is 1. The number of carboxylic acid groups (broad SMARTS) is 1. The molecule has 0 radical (unpaired) electrons. The number of hydrogen-bond donors (Lipinski definition) is 4. The number of benzene rings is 2. The summed E-state index contributed by atoms with van der Waals surface area (Å²) in [4.78, 5) is 15.2. The fourth-order valence-corrected chi connectivity index (χ4v) is 3.57. The SMILES string of the molecule is Nc1cc(-c2nc(-c3cccc4c3CCC4NCCC(=O)O)no2)ccc1O. The Morgan fingerprint density at radius 3 is 2.96 bits per heavy atom. The minimum atomic E-state index is -0.811.